The first kappa shape index (κ1) is 16.8. The van der Waals surface area contributed by atoms with Crippen LogP contribution >= 0.6 is 0 Å². The molecule has 3 nitrogen and oxygen atoms in total. The van der Waals surface area contributed by atoms with Gasteiger partial charge >= 0.3 is 0 Å². The Balaban J connectivity index is 1.71. The minimum Gasteiger partial charge on any atom is -0.393 e. The van der Waals surface area contributed by atoms with Gasteiger partial charge in [0.1, 0.15) is 0 Å². The van der Waals surface area contributed by atoms with Crippen LogP contribution in [0.4, 0.5) is 0 Å². The molecular formula is C21H32O3. The number of ketones is 1. The van der Waals surface area contributed by atoms with E-state index in [1.807, 2.05) is 13.0 Å². The van der Waals surface area contributed by atoms with Crippen LogP contribution in [0.3, 0.4) is 0 Å². The van der Waals surface area contributed by atoms with Crippen molar-refractivity contribution in [3.8, 4) is 0 Å². The van der Waals surface area contributed by atoms with Crippen molar-refractivity contribution >= 4 is 5.78 Å². The number of aliphatic hydroxyl groups excluding tert-OH is 2. The maximum absolute atomic E-state index is 11.9. The summed E-state index contributed by atoms with van der Waals surface area (Å²) < 4.78 is 0. The molecule has 0 spiro atoms. The molecule has 134 valence electrons. The summed E-state index contributed by atoms with van der Waals surface area (Å²) in [6.45, 7) is 6.54. The molecule has 24 heavy (non-hydrogen) atoms. The van der Waals surface area contributed by atoms with Gasteiger partial charge in [-0.15, -0.1) is 0 Å². The zero-order chi connectivity index (χ0) is 17.3. The van der Waals surface area contributed by atoms with Crippen molar-refractivity contribution in [3.05, 3.63) is 11.6 Å². The lowest BCUT2D eigenvalue weighted by Crippen LogP contribution is -2.57. The molecule has 0 amide bonds. The summed E-state index contributed by atoms with van der Waals surface area (Å²) in [5.41, 5.74) is 1.37. The number of fused-ring (bicyclic) bond motifs is 5. The first-order valence-corrected chi connectivity index (χ1v) is 9.87. The molecule has 0 heterocycles. The van der Waals surface area contributed by atoms with Crippen molar-refractivity contribution in [2.24, 2.45) is 34.5 Å². The molecule has 0 bridgehead atoms. The minimum atomic E-state index is -0.308. The molecule has 4 rings (SSSR count). The molecule has 0 radical (unpaired) electrons. The lowest BCUT2D eigenvalue weighted by Gasteiger charge is -2.60. The van der Waals surface area contributed by atoms with Crippen LogP contribution in [-0.2, 0) is 4.79 Å². The van der Waals surface area contributed by atoms with Crippen LogP contribution in [0.15, 0.2) is 11.6 Å². The van der Waals surface area contributed by atoms with Crippen LogP contribution in [0.1, 0.15) is 65.7 Å². The van der Waals surface area contributed by atoms with E-state index in [-0.39, 0.29) is 34.7 Å². The van der Waals surface area contributed by atoms with Crippen LogP contribution in [0.25, 0.3) is 0 Å². The van der Waals surface area contributed by atoms with E-state index in [2.05, 4.69) is 13.8 Å². The normalized spacial score (nSPS) is 52.1. The van der Waals surface area contributed by atoms with E-state index in [0.717, 1.165) is 32.1 Å². The van der Waals surface area contributed by atoms with Crippen molar-refractivity contribution in [3.63, 3.8) is 0 Å². The zero-order valence-corrected chi connectivity index (χ0v) is 15.3. The van der Waals surface area contributed by atoms with Gasteiger partial charge in [-0.3, -0.25) is 4.79 Å². The van der Waals surface area contributed by atoms with E-state index in [1.54, 1.807) is 0 Å². The van der Waals surface area contributed by atoms with Crippen LogP contribution in [0.5, 0.6) is 0 Å². The number of allylic oxidation sites excluding steroid dienone is 1. The molecule has 0 aromatic heterocycles. The van der Waals surface area contributed by atoms with Crippen LogP contribution in [-0.4, -0.2) is 28.2 Å². The summed E-state index contributed by atoms with van der Waals surface area (Å²) in [6.07, 6.45) is 8.04. The maximum Gasteiger partial charge on any atom is 0.155 e. The van der Waals surface area contributed by atoms with Crippen molar-refractivity contribution < 1.29 is 15.0 Å². The molecule has 0 aromatic carbocycles. The van der Waals surface area contributed by atoms with Crippen LogP contribution in [0.2, 0.25) is 0 Å². The highest BCUT2D eigenvalue weighted by atomic mass is 16.3. The second-order valence-electron chi connectivity index (χ2n) is 9.59. The Morgan fingerprint density at radius 2 is 1.96 bits per heavy atom. The van der Waals surface area contributed by atoms with Crippen molar-refractivity contribution in [1.82, 2.24) is 0 Å². The molecule has 4 aliphatic rings. The predicted molar refractivity (Wildman–Crippen MR) is 93.3 cm³/mol. The van der Waals surface area contributed by atoms with Gasteiger partial charge in [0.2, 0.25) is 0 Å². The topological polar surface area (TPSA) is 57.5 Å². The number of carbonyl (C=O) groups excluding carboxylic acids is 1. The molecule has 0 unspecified atom stereocenters. The predicted octanol–water partition coefficient (Wildman–Crippen LogP) is 3.49. The number of hydrogen-bond donors (Lipinski definition) is 2. The Hall–Kier alpha value is -0.670. The molecule has 2 N–H and O–H groups in total. The average Bonchev–Trinajstić information content (AvgIpc) is 2.84. The number of aliphatic hydroxyl groups is 2. The number of carbonyl (C=O) groups is 1. The molecular weight excluding hydrogens is 300 g/mol. The quantitative estimate of drug-likeness (QED) is 0.773. The molecule has 0 saturated heterocycles. The summed E-state index contributed by atoms with van der Waals surface area (Å²) >= 11 is 0. The van der Waals surface area contributed by atoms with Gasteiger partial charge in [0.25, 0.3) is 0 Å². The van der Waals surface area contributed by atoms with Crippen molar-refractivity contribution in [1.29, 1.82) is 0 Å². The van der Waals surface area contributed by atoms with Crippen LogP contribution in [0, 0.1) is 34.5 Å². The van der Waals surface area contributed by atoms with Crippen molar-refractivity contribution in [2.75, 3.05) is 0 Å². The van der Waals surface area contributed by atoms with E-state index in [1.165, 1.54) is 12.0 Å². The monoisotopic (exact) mass is 332 g/mol. The Kier molecular flexibility index (Phi) is 3.78. The largest absolute Gasteiger partial charge is 0.393 e. The standard InChI is InChI=1S/C21H32O3/c1-12(22)16-6-7-17-15-5-4-13-10-14(23)8-9-20(13,2)19(15)18(24)11-21(16,17)3/h10,12,15-19,22,24H,4-9,11H2,1-3H3/t12-,15-,16+,17-,18+,19-,20+,21+/m0/s1. The number of hydrogen-bond acceptors (Lipinski definition) is 3. The fraction of sp³-hybridized carbons (Fsp3) is 0.857. The summed E-state index contributed by atoms with van der Waals surface area (Å²) in [4.78, 5) is 11.9. The van der Waals surface area contributed by atoms with E-state index in [9.17, 15) is 15.0 Å². The smallest absolute Gasteiger partial charge is 0.155 e. The summed E-state index contributed by atoms with van der Waals surface area (Å²) in [5, 5.41) is 21.5. The van der Waals surface area contributed by atoms with E-state index < -0.39 is 0 Å². The van der Waals surface area contributed by atoms with Gasteiger partial charge in [0, 0.05) is 6.42 Å². The second kappa shape index (κ2) is 5.41. The fourth-order valence-corrected chi connectivity index (χ4v) is 7.52. The SMILES string of the molecule is C[C@H](O)[C@H]1CC[C@H]2[C@@H]3CCC4=CC(=O)CC[C@@]4(C)[C@@H]3[C@H](O)C[C@]12C. The third-order valence-electron chi connectivity index (χ3n) is 8.55. The lowest BCUT2D eigenvalue weighted by atomic mass is 9.46. The van der Waals surface area contributed by atoms with E-state index >= 15 is 0 Å². The van der Waals surface area contributed by atoms with Gasteiger partial charge in [-0.1, -0.05) is 19.4 Å². The third-order valence-corrected chi connectivity index (χ3v) is 8.55. The first-order valence-electron chi connectivity index (χ1n) is 9.87. The third kappa shape index (κ3) is 2.13. The highest BCUT2D eigenvalue weighted by molar-refractivity contribution is 5.91. The minimum absolute atomic E-state index is 0.000487. The Bertz CT molecular complexity index is 580. The Morgan fingerprint density at radius 3 is 2.67 bits per heavy atom. The van der Waals surface area contributed by atoms with Crippen molar-refractivity contribution in [2.45, 2.75) is 77.9 Å². The number of rotatable bonds is 1. The van der Waals surface area contributed by atoms with Gasteiger partial charge in [-0.2, -0.15) is 0 Å². The van der Waals surface area contributed by atoms with Gasteiger partial charge in [0.05, 0.1) is 12.2 Å². The summed E-state index contributed by atoms with van der Waals surface area (Å²) in [5.74, 6) is 2.03. The molecule has 3 saturated carbocycles. The van der Waals surface area contributed by atoms with Gasteiger partial charge in [0.15, 0.2) is 5.78 Å². The first-order chi connectivity index (χ1) is 11.3. The molecule has 0 aromatic rings. The Morgan fingerprint density at radius 1 is 1.21 bits per heavy atom. The molecule has 8 atom stereocenters. The average molecular weight is 332 g/mol. The van der Waals surface area contributed by atoms with Crippen LogP contribution < -0.4 is 0 Å². The Labute approximate surface area is 145 Å². The van der Waals surface area contributed by atoms with Gasteiger partial charge in [-0.25, -0.2) is 0 Å². The maximum atomic E-state index is 11.9. The molecule has 3 heteroatoms. The molecule has 4 aliphatic carbocycles. The molecule has 0 aliphatic heterocycles. The van der Waals surface area contributed by atoms with Gasteiger partial charge < -0.3 is 10.2 Å². The lowest BCUT2D eigenvalue weighted by molar-refractivity contribution is -0.140. The highest BCUT2D eigenvalue weighted by Gasteiger charge is 2.62. The zero-order valence-electron chi connectivity index (χ0n) is 15.3. The summed E-state index contributed by atoms with van der Waals surface area (Å²) in [6, 6.07) is 0. The molecule has 3 fully saturated rings. The second-order valence-corrected chi connectivity index (χ2v) is 9.59. The van der Waals surface area contributed by atoms with E-state index in [0.29, 0.717) is 24.2 Å². The summed E-state index contributed by atoms with van der Waals surface area (Å²) in [7, 11) is 0. The van der Waals surface area contributed by atoms with Gasteiger partial charge in [-0.05, 0) is 86.0 Å². The highest BCUT2D eigenvalue weighted by Crippen LogP contribution is 2.66. The van der Waals surface area contributed by atoms with E-state index in [4.69, 9.17) is 0 Å². The fourth-order valence-electron chi connectivity index (χ4n) is 7.52.